The number of hydrogen-bond donors (Lipinski definition) is 0. The third kappa shape index (κ3) is 8.32. The minimum atomic E-state index is -0.277. The van der Waals surface area contributed by atoms with Crippen molar-refractivity contribution in [2.45, 2.75) is 0 Å². The summed E-state index contributed by atoms with van der Waals surface area (Å²) in [5.41, 5.74) is 26.7. The van der Waals surface area contributed by atoms with Crippen molar-refractivity contribution in [3.8, 4) is 66.8 Å². The van der Waals surface area contributed by atoms with Crippen LogP contribution in [0.5, 0.6) is 0 Å². The van der Waals surface area contributed by atoms with Gasteiger partial charge in [-0.15, -0.1) is 0 Å². The number of furan rings is 1. The van der Waals surface area contributed by atoms with Gasteiger partial charge in [-0.1, -0.05) is 231 Å². The van der Waals surface area contributed by atoms with Crippen molar-refractivity contribution in [2.75, 3.05) is 14.6 Å². The fraction of sp³-hybridized carbons (Fsp3) is 0. The van der Waals surface area contributed by atoms with Gasteiger partial charge in [-0.05, 0) is 151 Å². The van der Waals surface area contributed by atoms with Crippen LogP contribution in [0, 0.1) is 0 Å². The Morgan fingerprint density at radius 3 is 1.31 bits per heavy atom. The highest BCUT2D eigenvalue weighted by Crippen LogP contribution is 2.53. The van der Waals surface area contributed by atoms with Crippen molar-refractivity contribution in [1.82, 2.24) is 0 Å². The molecule has 0 spiro atoms. The van der Waals surface area contributed by atoms with Crippen LogP contribution in [0.1, 0.15) is 0 Å². The average molecular weight is 1060 g/mol. The maximum absolute atomic E-state index is 7.10. The molecule has 0 radical (unpaired) electrons. The number of benzene rings is 13. The molecule has 83 heavy (non-hydrogen) atoms. The Balaban J connectivity index is 0.988. The fourth-order valence-electron chi connectivity index (χ4n) is 13.0. The number of rotatable bonds is 10. The predicted octanol–water partition coefficient (Wildman–Crippen LogP) is 20.1. The van der Waals surface area contributed by atoms with Crippen LogP contribution in [0.3, 0.4) is 0 Å². The second kappa shape index (κ2) is 20.0. The van der Waals surface area contributed by atoms with Crippen LogP contribution in [0.2, 0.25) is 0 Å². The molecule has 0 fully saturated rings. The van der Waals surface area contributed by atoms with E-state index in [0.717, 1.165) is 106 Å². The minimum absolute atomic E-state index is 0.277. The van der Waals surface area contributed by atoms with Crippen LogP contribution in [0.25, 0.3) is 88.7 Å². The first-order valence-corrected chi connectivity index (χ1v) is 28.5. The molecule has 0 saturated carbocycles. The van der Waals surface area contributed by atoms with Gasteiger partial charge in [0.15, 0.2) is 0 Å². The molecule has 0 amide bonds. The monoisotopic (exact) mass is 1060 g/mol. The lowest BCUT2D eigenvalue weighted by atomic mass is 9.43. The first kappa shape index (κ1) is 48.1. The minimum Gasteiger partial charge on any atom is -0.456 e. The van der Waals surface area contributed by atoms with Crippen molar-refractivity contribution in [2.24, 2.45) is 0 Å². The van der Waals surface area contributed by atoms with Gasteiger partial charge < -0.3 is 19.0 Å². The number of anilines is 8. The average Bonchev–Trinajstić information content (AvgIpc) is 1.81. The van der Waals surface area contributed by atoms with Crippen molar-refractivity contribution >= 4 is 85.2 Å². The number of hydrogen-bond acceptors (Lipinski definition) is 4. The van der Waals surface area contributed by atoms with Crippen LogP contribution < -0.4 is 25.5 Å². The van der Waals surface area contributed by atoms with E-state index in [1.807, 2.05) is 0 Å². The summed E-state index contributed by atoms with van der Waals surface area (Å²) in [6.07, 6.45) is 0. The summed E-state index contributed by atoms with van der Waals surface area (Å²) >= 11 is 0. The van der Waals surface area contributed by atoms with Crippen molar-refractivity contribution in [1.29, 1.82) is 0 Å². The summed E-state index contributed by atoms with van der Waals surface area (Å²) in [5, 5.41) is 2.22. The Hall–Kier alpha value is -10.9. The van der Waals surface area contributed by atoms with E-state index in [2.05, 4.69) is 330 Å². The summed E-state index contributed by atoms with van der Waals surface area (Å²) in [5.74, 6) is 0. The zero-order valence-electron chi connectivity index (χ0n) is 45.3. The molecule has 5 heteroatoms. The molecule has 0 atom stereocenters. The smallest absolute Gasteiger partial charge is 0.333 e. The van der Waals surface area contributed by atoms with Crippen molar-refractivity contribution < 1.29 is 4.42 Å². The predicted molar refractivity (Wildman–Crippen MR) is 349 cm³/mol. The highest BCUT2D eigenvalue weighted by atomic mass is 16.3. The van der Waals surface area contributed by atoms with Crippen molar-refractivity contribution in [3.63, 3.8) is 0 Å². The Kier molecular flexibility index (Phi) is 11.6. The highest BCUT2D eigenvalue weighted by molar-refractivity contribution is 6.94. The number of nitrogens with zero attached hydrogens (tertiary/aromatic N) is 3. The van der Waals surface area contributed by atoms with E-state index >= 15 is 0 Å². The lowest BCUT2D eigenvalue weighted by Crippen LogP contribution is -2.61. The van der Waals surface area contributed by atoms with E-state index in [1.54, 1.807) is 0 Å². The third-order valence-electron chi connectivity index (χ3n) is 16.8. The Labute approximate surface area is 483 Å². The molecule has 4 nitrogen and oxygen atoms in total. The number of para-hydroxylation sites is 1. The van der Waals surface area contributed by atoms with Crippen LogP contribution >= 0.6 is 0 Å². The summed E-state index contributed by atoms with van der Waals surface area (Å²) in [7, 11) is 0. The van der Waals surface area contributed by atoms with Crippen molar-refractivity contribution in [3.05, 3.63) is 315 Å². The largest absolute Gasteiger partial charge is 0.456 e. The van der Waals surface area contributed by atoms with Gasteiger partial charge in [0.1, 0.15) is 11.2 Å². The van der Waals surface area contributed by atoms with E-state index in [9.17, 15) is 0 Å². The molecule has 0 unspecified atom stereocenters. The van der Waals surface area contributed by atoms with Gasteiger partial charge in [-0.25, -0.2) is 0 Å². The van der Waals surface area contributed by atoms with Gasteiger partial charge in [0.25, 0.3) is 0 Å². The molecule has 16 rings (SSSR count). The first-order valence-electron chi connectivity index (χ1n) is 28.5. The summed E-state index contributed by atoms with van der Waals surface area (Å²) in [6.45, 7) is -0.277. The van der Waals surface area contributed by atoms with Crippen LogP contribution in [0.15, 0.2) is 320 Å². The van der Waals surface area contributed by atoms with E-state index in [-0.39, 0.29) is 6.85 Å². The molecule has 0 N–H and O–H groups in total. The topological polar surface area (TPSA) is 22.9 Å². The molecule has 3 heterocycles. The highest BCUT2D eigenvalue weighted by Gasteiger charge is 2.47. The third-order valence-corrected chi connectivity index (χ3v) is 16.8. The zero-order valence-corrected chi connectivity index (χ0v) is 45.3. The number of fused-ring (bicyclic) bond motifs is 8. The maximum Gasteiger partial charge on any atom is 0.333 e. The molecule has 13 aromatic carbocycles. The summed E-state index contributed by atoms with van der Waals surface area (Å²) in [4.78, 5) is 7.55. The van der Waals surface area contributed by atoms with Gasteiger partial charge >= 0.3 is 6.85 Å². The molecule has 388 valence electrons. The molecule has 1 aromatic heterocycles. The summed E-state index contributed by atoms with van der Waals surface area (Å²) in [6, 6.07) is 115. The van der Waals surface area contributed by atoms with Gasteiger partial charge in [-0.3, -0.25) is 0 Å². The Morgan fingerprint density at radius 1 is 0.301 bits per heavy atom. The molecule has 0 bridgehead atoms. The quantitative estimate of drug-likeness (QED) is 0.127. The lowest BCUT2D eigenvalue weighted by Gasteiger charge is -2.46. The SMILES string of the molecule is c1ccc(-c2ccc(N(c3ccc(-c4ccccc4)cc3)c3ccc4c(c3)N(c3cccc(-c5ccccc5)c3)c3cc5oc6ccccc6c5c5c3B4N(c3cccc(-c4ccccc4)c3)c3ccc(-c4ccccc4)cc3-5)cc2)cc1. The Bertz CT molecular complexity index is 4640. The second-order valence-electron chi connectivity index (χ2n) is 21.6. The molecular weight excluding hydrogens is 1010 g/mol. The molecule has 2 aliphatic rings. The van der Waals surface area contributed by atoms with E-state index < -0.39 is 0 Å². The molecule has 0 aliphatic carbocycles. The molecule has 2 aliphatic heterocycles. The Morgan fingerprint density at radius 2 is 0.747 bits per heavy atom. The summed E-state index contributed by atoms with van der Waals surface area (Å²) < 4.78 is 7.10. The van der Waals surface area contributed by atoms with E-state index in [4.69, 9.17) is 4.42 Å². The van der Waals surface area contributed by atoms with Crippen LogP contribution in [-0.2, 0) is 0 Å². The van der Waals surface area contributed by atoms with Gasteiger partial charge in [0, 0.05) is 67.9 Å². The molecular formula is C78H52BN3O. The van der Waals surface area contributed by atoms with Crippen LogP contribution in [0.4, 0.5) is 45.5 Å². The second-order valence-corrected chi connectivity index (χ2v) is 21.6. The maximum atomic E-state index is 7.10. The lowest BCUT2D eigenvalue weighted by molar-refractivity contribution is 0.669. The van der Waals surface area contributed by atoms with Gasteiger partial charge in [0.2, 0.25) is 0 Å². The van der Waals surface area contributed by atoms with E-state index in [0.29, 0.717) is 0 Å². The zero-order chi connectivity index (χ0) is 54.8. The normalized spacial score (nSPS) is 12.3. The molecule has 0 saturated heterocycles. The van der Waals surface area contributed by atoms with E-state index in [1.165, 1.54) is 38.7 Å². The van der Waals surface area contributed by atoms with Crippen LogP contribution in [-0.4, -0.2) is 6.85 Å². The standard InChI is InChI=1S/C78H52BN3O/c1-6-20-53(21-7-1)58-36-41-63(42-37-58)80(64-43-38-59(39-44-64)54-22-8-2-9-23-54)66-45-46-70-72(51-66)81(65-32-18-30-60(48-65)55-24-10-3-11-25-55)73-52-75-76(68-34-16-17-35-74(68)83-75)77-69-50-62(57-28-14-5-15-29-57)40-47-71(69)82(79(70)78(73)77)67-33-19-31-61(49-67)56-26-12-4-13-27-56/h1-52H. The van der Waals surface area contributed by atoms with Gasteiger partial charge in [0.05, 0.1) is 0 Å². The first-order chi connectivity index (χ1) is 41.2. The fourth-order valence-corrected chi connectivity index (χ4v) is 13.0. The van der Waals surface area contributed by atoms with Gasteiger partial charge in [-0.2, -0.15) is 0 Å². The molecule has 14 aromatic rings.